The Labute approximate surface area is 208 Å². The molecule has 0 aliphatic carbocycles. The number of benzene rings is 2. The Balaban J connectivity index is 2.14. The number of hydrogen-bond acceptors (Lipinski definition) is 6. The second kappa shape index (κ2) is 14.2. The lowest BCUT2D eigenvalue weighted by Crippen LogP contribution is -2.48. The van der Waals surface area contributed by atoms with Crippen LogP contribution in [0.1, 0.15) is 45.2 Å². The molecule has 35 heavy (non-hydrogen) atoms. The number of hydrogen-bond donors (Lipinski definition) is 1. The number of carbonyl (C=O) groups excluding carboxylic acids is 2. The first-order valence-electron chi connectivity index (χ1n) is 11.8. The van der Waals surface area contributed by atoms with Gasteiger partial charge >= 0.3 is 12.1 Å². The average Bonchev–Trinajstić information content (AvgIpc) is 2.80. The molecule has 7 heteroatoms. The summed E-state index contributed by atoms with van der Waals surface area (Å²) in [5, 5.41) is 2.88. The fourth-order valence-electron chi connectivity index (χ4n) is 3.34. The number of ether oxygens (including phenoxy) is 4. The number of esters is 1. The van der Waals surface area contributed by atoms with Gasteiger partial charge in [-0.25, -0.2) is 4.79 Å². The Hall–Kier alpha value is -3.32. The van der Waals surface area contributed by atoms with Crippen LogP contribution in [-0.2, 0) is 32.0 Å². The topological polar surface area (TPSA) is 83.1 Å². The van der Waals surface area contributed by atoms with Gasteiger partial charge in [0.2, 0.25) is 0 Å². The molecule has 7 nitrogen and oxygen atoms in total. The van der Waals surface area contributed by atoms with Crippen molar-refractivity contribution < 1.29 is 28.5 Å². The Morgan fingerprint density at radius 3 is 2.31 bits per heavy atom. The van der Waals surface area contributed by atoms with Gasteiger partial charge < -0.3 is 24.3 Å². The third-order valence-electron chi connectivity index (χ3n) is 4.88. The van der Waals surface area contributed by atoms with Crippen molar-refractivity contribution in [3.8, 4) is 5.75 Å². The molecular formula is C28H37NO6. The van der Waals surface area contributed by atoms with Crippen LogP contribution in [0, 0.1) is 0 Å². The van der Waals surface area contributed by atoms with Crippen molar-refractivity contribution in [2.45, 2.75) is 64.9 Å². The minimum atomic E-state index is -0.662. The quantitative estimate of drug-likeness (QED) is 0.310. The highest BCUT2D eigenvalue weighted by Gasteiger charge is 2.29. The fraction of sp³-hybridized carbons (Fsp3) is 0.429. The molecule has 0 bridgehead atoms. The molecule has 0 saturated heterocycles. The van der Waals surface area contributed by atoms with E-state index in [1.54, 1.807) is 33.8 Å². The predicted octanol–water partition coefficient (Wildman–Crippen LogP) is 5.23. The zero-order chi connectivity index (χ0) is 25.7. The maximum Gasteiger partial charge on any atom is 0.407 e. The van der Waals surface area contributed by atoms with E-state index in [0.717, 1.165) is 16.9 Å². The molecule has 0 spiro atoms. The van der Waals surface area contributed by atoms with Crippen molar-refractivity contribution >= 4 is 12.1 Å². The van der Waals surface area contributed by atoms with Crippen molar-refractivity contribution in [1.82, 2.24) is 5.32 Å². The van der Waals surface area contributed by atoms with Crippen LogP contribution >= 0.6 is 0 Å². The molecular weight excluding hydrogens is 446 g/mol. The molecule has 1 amide bonds. The lowest BCUT2D eigenvalue weighted by atomic mass is 9.99. The van der Waals surface area contributed by atoms with Crippen LogP contribution in [0.3, 0.4) is 0 Å². The van der Waals surface area contributed by atoms with Crippen molar-refractivity contribution in [2.75, 3.05) is 13.2 Å². The van der Waals surface area contributed by atoms with Gasteiger partial charge in [-0.05, 0) is 57.4 Å². The zero-order valence-corrected chi connectivity index (χ0v) is 21.1. The monoisotopic (exact) mass is 483 g/mol. The minimum Gasteiger partial charge on any atom is -0.489 e. The van der Waals surface area contributed by atoms with E-state index in [-0.39, 0.29) is 19.6 Å². The summed E-state index contributed by atoms with van der Waals surface area (Å²) in [6, 6.07) is 17.0. The molecule has 2 atom stereocenters. The fourth-order valence-corrected chi connectivity index (χ4v) is 3.34. The molecule has 2 aromatic rings. The Morgan fingerprint density at radius 1 is 1.03 bits per heavy atom. The molecule has 190 valence electrons. The molecule has 0 radical (unpaired) electrons. The zero-order valence-electron chi connectivity index (χ0n) is 21.1. The summed E-state index contributed by atoms with van der Waals surface area (Å²) in [5.41, 5.74) is 1.36. The molecule has 0 aromatic heterocycles. The van der Waals surface area contributed by atoms with Crippen molar-refractivity contribution in [2.24, 2.45) is 0 Å². The summed E-state index contributed by atoms with van der Waals surface area (Å²) in [6.07, 6.45) is 0.788. The third-order valence-corrected chi connectivity index (χ3v) is 4.88. The molecule has 0 aliphatic heterocycles. The van der Waals surface area contributed by atoms with E-state index >= 15 is 0 Å². The molecule has 2 aromatic carbocycles. The second-order valence-corrected chi connectivity index (χ2v) is 9.04. The van der Waals surface area contributed by atoms with Crippen LogP contribution in [0.15, 0.2) is 67.3 Å². The first-order chi connectivity index (χ1) is 16.7. The molecule has 0 heterocycles. The molecule has 0 aliphatic rings. The standard InChI is InChI=1S/C28H37NO6/c1-6-17-33-25(19-26(30)32-7-2)24(29-27(31)35-28(3,4)5)18-21-13-15-23(16-14-21)34-20-22-11-9-8-10-12-22/h6,8-16,24-25H,1,7,17-20H2,2-5H3,(H,29,31)/t24-,25+/m0/s1. The maximum absolute atomic E-state index is 12.6. The minimum absolute atomic E-state index is 0.0135. The van der Waals surface area contributed by atoms with Gasteiger partial charge in [-0.2, -0.15) is 0 Å². The molecule has 2 rings (SSSR count). The summed E-state index contributed by atoms with van der Waals surface area (Å²) < 4.78 is 22.3. The van der Waals surface area contributed by atoms with E-state index in [2.05, 4.69) is 11.9 Å². The first-order valence-corrected chi connectivity index (χ1v) is 11.8. The summed E-state index contributed by atoms with van der Waals surface area (Å²) in [7, 11) is 0. The average molecular weight is 484 g/mol. The first kappa shape index (κ1) is 27.9. The van der Waals surface area contributed by atoms with Gasteiger partial charge in [-0.1, -0.05) is 48.5 Å². The third kappa shape index (κ3) is 11.1. The number of alkyl carbamates (subject to hydrolysis) is 1. The number of nitrogens with one attached hydrogen (secondary N) is 1. The molecule has 0 fully saturated rings. The van der Waals surface area contributed by atoms with E-state index in [4.69, 9.17) is 18.9 Å². The predicted molar refractivity (Wildman–Crippen MR) is 135 cm³/mol. The van der Waals surface area contributed by atoms with Crippen LogP contribution in [0.25, 0.3) is 0 Å². The van der Waals surface area contributed by atoms with Gasteiger partial charge in [0.25, 0.3) is 0 Å². The number of carbonyl (C=O) groups is 2. The van der Waals surface area contributed by atoms with E-state index in [9.17, 15) is 9.59 Å². The largest absolute Gasteiger partial charge is 0.489 e. The normalized spacial score (nSPS) is 12.8. The summed E-state index contributed by atoms with van der Waals surface area (Å²) >= 11 is 0. The van der Waals surface area contributed by atoms with Gasteiger partial charge in [0.15, 0.2) is 0 Å². The van der Waals surface area contributed by atoms with Crippen molar-refractivity contribution in [1.29, 1.82) is 0 Å². The molecule has 1 N–H and O–H groups in total. The maximum atomic E-state index is 12.6. The summed E-state index contributed by atoms with van der Waals surface area (Å²) in [5.74, 6) is 0.336. The highest BCUT2D eigenvalue weighted by atomic mass is 16.6. The van der Waals surface area contributed by atoms with E-state index < -0.39 is 29.8 Å². The Morgan fingerprint density at radius 2 is 1.71 bits per heavy atom. The smallest absolute Gasteiger partial charge is 0.407 e. The summed E-state index contributed by atoms with van der Waals surface area (Å²) in [4.78, 5) is 24.8. The van der Waals surface area contributed by atoms with Crippen LogP contribution in [0.5, 0.6) is 5.75 Å². The van der Waals surface area contributed by atoms with Crippen LogP contribution in [0.4, 0.5) is 4.79 Å². The highest BCUT2D eigenvalue weighted by molar-refractivity contribution is 5.71. The SMILES string of the molecule is C=CCO[C@H](CC(=O)OCC)[C@H](Cc1ccc(OCc2ccccc2)cc1)NC(=O)OC(C)(C)C. The van der Waals surface area contributed by atoms with Crippen LogP contribution < -0.4 is 10.1 Å². The van der Waals surface area contributed by atoms with Gasteiger partial charge in [0.05, 0.1) is 31.8 Å². The van der Waals surface area contributed by atoms with Crippen LogP contribution in [-0.4, -0.2) is 43.0 Å². The summed E-state index contributed by atoms with van der Waals surface area (Å²) in [6.45, 7) is 11.8. The van der Waals surface area contributed by atoms with Crippen molar-refractivity contribution in [3.05, 3.63) is 78.4 Å². The van der Waals surface area contributed by atoms with E-state index in [1.807, 2.05) is 54.6 Å². The van der Waals surface area contributed by atoms with Gasteiger partial charge in [-0.15, -0.1) is 6.58 Å². The van der Waals surface area contributed by atoms with Gasteiger partial charge in [0, 0.05) is 0 Å². The Kier molecular flexibility index (Phi) is 11.3. The van der Waals surface area contributed by atoms with Gasteiger partial charge in [-0.3, -0.25) is 4.79 Å². The van der Waals surface area contributed by atoms with Crippen molar-refractivity contribution in [3.63, 3.8) is 0 Å². The number of rotatable bonds is 13. The molecule has 0 unspecified atom stereocenters. The molecule has 0 saturated carbocycles. The number of amides is 1. The van der Waals surface area contributed by atoms with Crippen LogP contribution in [0.2, 0.25) is 0 Å². The second-order valence-electron chi connectivity index (χ2n) is 9.04. The lowest BCUT2D eigenvalue weighted by Gasteiger charge is -2.29. The highest BCUT2D eigenvalue weighted by Crippen LogP contribution is 2.19. The van der Waals surface area contributed by atoms with E-state index in [0.29, 0.717) is 13.0 Å². The van der Waals surface area contributed by atoms with Gasteiger partial charge in [0.1, 0.15) is 18.0 Å². The van der Waals surface area contributed by atoms with E-state index in [1.165, 1.54) is 0 Å². The lowest BCUT2D eigenvalue weighted by molar-refractivity contribution is -0.146. The Bertz CT molecular complexity index is 921.